The number of piperidine rings is 1. The Morgan fingerprint density at radius 2 is 1.95 bits per heavy atom. The Hall–Kier alpha value is -2.67. The lowest BCUT2D eigenvalue weighted by atomic mass is 10.0. The SMILES string of the molecule is C/C=C\C(=C(/CC)NC=O)N(C)C1CCN(C=O)CC1.Cc1nc(-c2ccc(Cl)cc2P)n2c1CN(C)CC2. The van der Waals surface area contributed by atoms with Gasteiger partial charge in [0.05, 0.1) is 17.1 Å². The summed E-state index contributed by atoms with van der Waals surface area (Å²) in [7, 11) is 6.96. The molecule has 212 valence electrons. The van der Waals surface area contributed by atoms with Crippen LogP contribution in [0.25, 0.3) is 11.4 Å². The summed E-state index contributed by atoms with van der Waals surface area (Å²) in [6.07, 6.45) is 8.34. The molecule has 0 spiro atoms. The van der Waals surface area contributed by atoms with Gasteiger partial charge < -0.3 is 19.7 Å². The number of rotatable bonds is 8. The van der Waals surface area contributed by atoms with E-state index in [2.05, 4.69) is 56.0 Å². The molecule has 2 amide bonds. The molecule has 10 heteroatoms. The number of likely N-dealkylation sites (tertiary alicyclic amines) is 1. The Balaban J connectivity index is 0.000000216. The maximum Gasteiger partial charge on any atom is 0.211 e. The minimum Gasteiger partial charge on any atom is -0.370 e. The van der Waals surface area contributed by atoms with Crippen molar-refractivity contribution in [2.45, 2.75) is 59.2 Å². The predicted octanol–water partition coefficient (Wildman–Crippen LogP) is 3.94. The number of hydrogen-bond acceptors (Lipinski definition) is 5. The van der Waals surface area contributed by atoms with Gasteiger partial charge in [-0.15, -0.1) is 9.24 Å². The van der Waals surface area contributed by atoms with Crippen molar-refractivity contribution < 1.29 is 9.59 Å². The summed E-state index contributed by atoms with van der Waals surface area (Å²) in [5.74, 6) is 1.06. The van der Waals surface area contributed by atoms with E-state index in [9.17, 15) is 9.59 Å². The number of likely N-dealkylation sites (N-methyl/N-ethyl adjacent to an activating group) is 2. The zero-order valence-electron chi connectivity index (χ0n) is 23.8. The van der Waals surface area contributed by atoms with Gasteiger partial charge in [0.25, 0.3) is 0 Å². The number of nitrogens with one attached hydrogen (secondary N) is 1. The highest BCUT2D eigenvalue weighted by Crippen LogP contribution is 2.27. The second-order valence-electron chi connectivity index (χ2n) is 10.1. The van der Waals surface area contributed by atoms with Crippen molar-refractivity contribution in [1.29, 1.82) is 0 Å². The summed E-state index contributed by atoms with van der Waals surface area (Å²) in [6.45, 7) is 10.7. The van der Waals surface area contributed by atoms with Crippen LogP contribution in [0.15, 0.2) is 41.7 Å². The third-order valence-corrected chi connectivity index (χ3v) is 8.16. The van der Waals surface area contributed by atoms with Gasteiger partial charge in [0.2, 0.25) is 12.8 Å². The molecule has 2 aliphatic rings. The highest BCUT2D eigenvalue weighted by atomic mass is 35.5. The van der Waals surface area contributed by atoms with Gasteiger partial charge >= 0.3 is 0 Å². The Bertz CT molecular complexity index is 1200. The van der Waals surface area contributed by atoms with E-state index in [4.69, 9.17) is 16.6 Å². The largest absolute Gasteiger partial charge is 0.370 e. The summed E-state index contributed by atoms with van der Waals surface area (Å²) >= 11 is 6.02. The first-order valence-corrected chi connectivity index (χ1v) is 14.5. The molecule has 8 nitrogen and oxygen atoms in total. The van der Waals surface area contributed by atoms with Crippen LogP contribution in [0.1, 0.15) is 44.5 Å². The fourth-order valence-electron chi connectivity index (χ4n) is 5.19. The number of allylic oxidation sites excluding steroid dienone is 3. The van der Waals surface area contributed by atoms with Crippen LogP contribution in [-0.2, 0) is 22.7 Å². The standard InChI is InChI=1S/C15H25N3O2.C14H17ClN3P/c1-4-6-15(14(5-2)16-11-19)17(3)13-7-9-18(12-20)10-8-13;1-9-12-8-17(2)5-6-18(12)14(16-9)11-4-3-10(15)7-13(11)19/h4,6,11-13H,5,7-10H2,1-3H3,(H,16,19);3-4,7H,5-6,8,19H2,1-2H3/b6-4-,15-14-;. The molecule has 1 fully saturated rings. The number of imidazole rings is 1. The molecule has 1 aromatic heterocycles. The monoisotopic (exact) mass is 572 g/mol. The zero-order chi connectivity index (χ0) is 28.5. The van der Waals surface area contributed by atoms with Gasteiger partial charge in [-0.2, -0.15) is 0 Å². The highest BCUT2D eigenvalue weighted by molar-refractivity contribution is 7.28. The molecule has 1 atom stereocenters. The van der Waals surface area contributed by atoms with Gasteiger partial charge in [0.15, 0.2) is 0 Å². The van der Waals surface area contributed by atoms with Crippen LogP contribution in [0.3, 0.4) is 0 Å². The van der Waals surface area contributed by atoms with Crippen LogP contribution in [0.4, 0.5) is 0 Å². The first-order chi connectivity index (χ1) is 18.7. The van der Waals surface area contributed by atoms with Gasteiger partial charge in [-0.3, -0.25) is 14.5 Å². The van der Waals surface area contributed by atoms with E-state index in [0.29, 0.717) is 6.04 Å². The van der Waals surface area contributed by atoms with Crippen LogP contribution >= 0.6 is 20.8 Å². The molecule has 1 aromatic carbocycles. The fourth-order valence-corrected chi connectivity index (χ4v) is 5.88. The molecule has 39 heavy (non-hydrogen) atoms. The minimum atomic E-state index is 0.396. The fraction of sp³-hybridized carbons (Fsp3) is 0.483. The van der Waals surface area contributed by atoms with Gasteiger partial charge in [-0.1, -0.05) is 24.6 Å². The predicted molar refractivity (Wildman–Crippen MR) is 163 cm³/mol. The topological polar surface area (TPSA) is 73.7 Å². The van der Waals surface area contributed by atoms with E-state index in [1.807, 2.05) is 43.0 Å². The molecule has 0 saturated carbocycles. The molecule has 1 N–H and O–H groups in total. The number of nitrogens with zero attached hydrogens (tertiary/aromatic N) is 5. The van der Waals surface area contributed by atoms with E-state index >= 15 is 0 Å². The molecule has 0 bridgehead atoms. The molecule has 1 saturated heterocycles. The second-order valence-corrected chi connectivity index (χ2v) is 11.1. The number of aromatic nitrogens is 2. The summed E-state index contributed by atoms with van der Waals surface area (Å²) < 4.78 is 2.34. The van der Waals surface area contributed by atoms with Crippen LogP contribution in [0.2, 0.25) is 5.02 Å². The number of carbonyl (C=O) groups excluding carboxylic acids is 2. The van der Waals surface area contributed by atoms with Crippen molar-refractivity contribution in [2.75, 3.05) is 33.7 Å². The maximum atomic E-state index is 10.8. The number of aryl methyl sites for hydroxylation is 1. The summed E-state index contributed by atoms with van der Waals surface area (Å²) in [5.41, 5.74) is 5.57. The third kappa shape index (κ3) is 7.71. The van der Waals surface area contributed by atoms with Crippen LogP contribution < -0.4 is 10.6 Å². The Morgan fingerprint density at radius 3 is 2.54 bits per heavy atom. The number of benzene rings is 1. The molecule has 0 aliphatic carbocycles. The van der Waals surface area contributed by atoms with Gasteiger partial charge in [0, 0.05) is 62.1 Å². The quantitative estimate of drug-likeness (QED) is 0.295. The first-order valence-electron chi connectivity index (χ1n) is 13.5. The van der Waals surface area contributed by atoms with E-state index in [1.54, 1.807) is 0 Å². The number of halogens is 1. The molecular formula is C29H42ClN6O2P. The molecule has 3 heterocycles. The summed E-state index contributed by atoms with van der Waals surface area (Å²) in [5, 5.41) is 4.65. The number of fused-ring (bicyclic) bond motifs is 1. The molecule has 4 rings (SSSR count). The van der Waals surface area contributed by atoms with E-state index in [-0.39, 0.29) is 0 Å². The van der Waals surface area contributed by atoms with E-state index < -0.39 is 0 Å². The van der Waals surface area contributed by atoms with Crippen LogP contribution in [-0.4, -0.2) is 76.8 Å². The first kappa shape index (κ1) is 30.9. The number of carbonyl (C=O) groups is 2. The van der Waals surface area contributed by atoms with E-state index in [1.165, 1.54) is 5.69 Å². The van der Waals surface area contributed by atoms with Gasteiger partial charge in [0.1, 0.15) is 5.82 Å². The van der Waals surface area contributed by atoms with Gasteiger partial charge in [-0.25, -0.2) is 4.98 Å². The third-order valence-electron chi connectivity index (χ3n) is 7.45. The number of amides is 2. The Morgan fingerprint density at radius 1 is 1.23 bits per heavy atom. The van der Waals surface area contributed by atoms with E-state index in [0.717, 1.165) is 104 Å². The average Bonchev–Trinajstić information content (AvgIpc) is 3.25. The second kappa shape index (κ2) is 14.6. The van der Waals surface area contributed by atoms with Crippen molar-refractivity contribution in [3.05, 3.63) is 58.2 Å². The minimum absolute atomic E-state index is 0.396. The summed E-state index contributed by atoms with van der Waals surface area (Å²) in [4.78, 5) is 32.6. The zero-order valence-corrected chi connectivity index (χ0v) is 25.7. The van der Waals surface area contributed by atoms with Crippen LogP contribution in [0, 0.1) is 6.92 Å². The van der Waals surface area contributed by atoms with Crippen molar-refractivity contribution in [3.8, 4) is 11.4 Å². The molecule has 0 radical (unpaired) electrons. The molecular weight excluding hydrogens is 531 g/mol. The number of hydrogen-bond donors (Lipinski definition) is 1. The normalized spacial score (nSPS) is 16.7. The summed E-state index contributed by atoms with van der Waals surface area (Å²) in [6, 6.07) is 6.34. The lowest BCUT2D eigenvalue weighted by molar-refractivity contribution is -0.119. The molecule has 1 unspecified atom stereocenters. The Kier molecular flexibility index (Phi) is 11.6. The molecule has 2 aromatic rings. The Labute approximate surface area is 240 Å². The smallest absolute Gasteiger partial charge is 0.211 e. The van der Waals surface area contributed by atoms with Crippen molar-refractivity contribution >= 4 is 39.0 Å². The lowest BCUT2D eigenvalue weighted by Gasteiger charge is -2.37. The van der Waals surface area contributed by atoms with Crippen molar-refractivity contribution in [1.82, 2.24) is 29.6 Å². The van der Waals surface area contributed by atoms with Gasteiger partial charge in [-0.05, 0) is 69.7 Å². The maximum absolute atomic E-state index is 10.8. The molecule has 2 aliphatic heterocycles. The average molecular weight is 573 g/mol. The van der Waals surface area contributed by atoms with Crippen molar-refractivity contribution in [2.24, 2.45) is 0 Å². The highest BCUT2D eigenvalue weighted by Gasteiger charge is 2.24. The lowest BCUT2D eigenvalue weighted by Crippen LogP contribution is -2.42. The van der Waals surface area contributed by atoms with Crippen molar-refractivity contribution in [3.63, 3.8) is 0 Å². The van der Waals surface area contributed by atoms with Crippen LogP contribution in [0.5, 0.6) is 0 Å².